The van der Waals surface area contributed by atoms with Crippen molar-refractivity contribution < 1.29 is 23.0 Å². The van der Waals surface area contributed by atoms with Crippen molar-refractivity contribution in [2.24, 2.45) is 0 Å². The molecule has 2 saturated heterocycles. The lowest BCUT2D eigenvalue weighted by Gasteiger charge is -2.30. The number of hydrogen-bond acceptors (Lipinski definition) is 8. The molecule has 9 nitrogen and oxygen atoms in total. The molecule has 3 aliphatic rings. The molecule has 0 saturated carbocycles. The van der Waals surface area contributed by atoms with Gasteiger partial charge in [-0.3, -0.25) is 4.79 Å². The second-order valence-corrected chi connectivity index (χ2v) is 11.2. The number of pyridine rings is 1. The van der Waals surface area contributed by atoms with Gasteiger partial charge in [0.2, 0.25) is 5.88 Å². The van der Waals surface area contributed by atoms with Crippen LogP contribution in [0.15, 0.2) is 48.5 Å². The van der Waals surface area contributed by atoms with Crippen LogP contribution >= 0.6 is 0 Å². The lowest BCUT2D eigenvalue weighted by molar-refractivity contribution is 0.0903. The molecule has 0 bridgehead atoms. The van der Waals surface area contributed by atoms with Crippen LogP contribution in [-0.4, -0.2) is 55.2 Å². The minimum absolute atomic E-state index is 0.0895. The summed E-state index contributed by atoms with van der Waals surface area (Å²) in [5, 5.41) is 6.67. The summed E-state index contributed by atoms with van der Waals surface area (Å²) < 4.78 is 38.8. The fraction of sp³-hybridized carbons (Fsp3) is 0.419. The number of ether oxygens (including phenoxy) is 2. The maximum Gasteiger partial charge on any atom is 0.254 e. The molecule has 2 fully saturated rings. The maximum atomic E-state index is 14.0. The fourth-order valence-electron chi connectivity index (χ4n) is 5.74. The third-order valence-corrected chi connectivity index (χ3v) is 8.24. The number of carbonyl (C=O) groups excluding carboxylic acids is 1. The van der Waals surface area contributed by atoms with E-state index in [4.69, 9.17) is 9.47 Å². The average molecular weight is 579 g/mol. The molecule has 1 atom stereocenters. The summed E-state index contributed by atoms with van der Waals surface area (Å²) >= 11 is 0. The fourth-order valence-corrected chi connectivity index (χ4v) is 5.74. The Morgan fingerprint density at radius 1 is 1.07 bits per heavy atom. The number of nitrogens with zero attached hydrogens (tertiary/aromatic N) is 2. The van der Waals surface area contributed by atoms with Gasteiger partial charge in [0.15, 0.2) is 0 Å². The van der Waals surface area contributed by atoms with Gasteiger partial charge in [0, 0.05) is 36.6 Å². The zero-order valence-corrected chi connectivity index (χ0v) is 23.6. The second kappa shape index (κ2) is 12.6. The zero-order valence-electron chi connectivity index (χ0n) is 23.6. The first kappa shape index (κ1) is 28.3. The highest BCUT2D eigenvalue weighted by Crippen LogP contribution is 2.33. The Kier molecular flexibility index (Phi) is 8.50. The van der Waals surface area contributed by atoms with Crippen molar-refractivity contribution in [1.29, 1.82) is 0 Å². The molecule has 0 radical (unpaired) electrons. The number of anilines is 2. The van der Waals surface area contributed by atoms with Gasteiger partial charge < -0.3 is 30.4 Å². The molecule has 1 aromatic heterocycles. The number of nitrogens with one attached hydrogen (secondary N) is 4. The van der Waals surface area contributed by atoms with Gasteiger partial charge in [-0.1, -0.05) is 6.07 Å². The Labute approximate surface area is 244 Å². The van der Waals surface area contributed by atoms with E-state index in [9.17, 15) is 13.6 Å². The lowest BCUT2D eigenvalue weighted by atomic mass is 9.88. The number of carbonyl (C=O) groups is 1. The highest BCUT2D eigenvalue weighted by Gasteiger charge is 2.28. The predicted octanol–water partition coefficient (Wildman–Crippen LogP) is 4.70. The Morgan fingerprint density at radius 2 is 1.88 bits per heavy atom. The summed E-state index contributed by atoms with van der Waals surface area (Å²) in [6.07, 6.45) is 3.32. The van der Waals surface area contributed by atoms with Crippen LogP contribution in [0.5, 0.6) is 5.88 Å². The van der Waals surface area contributed by atoms with Gasteiger partial charge >= 0.3 is 0 Å². The molecule has 42 heavy (non-hydrogen) atoms. The summed E-state index contributed by atoms with van der Waals surface area (Å²) in [5.41, 5.74) is 10.0. The molecule has 222 valence electrons. The number of benzene rings is 2. The minimum Gasteiger partial charge on any atom is -0.473 e. The number of halogens is 2. The number of rotatable bonds is 8. The molecule has 0 aliphatic carbocycles. The zero-order chi connectivity index (χ0) is 29.1. The van der Waals surface area contributed by atoms with Crippen molar-refractivity contribution in [3.63, 3.8) is 0 Å². The molecular formula is C31H36F2N6O3. The number of piperidine rings is 1. The van der Waals surface area contributed by atoms with Crippen LogP contribution in [0, 0.1) is 11.6 Å². The number of hydrogen-bond donors (Lipinski definition) is 4. The molecule has 6 rings (SSSR count). The number of likely N-dealkylation sites (tertiary alicyclic amines) is 1. The topological polar surface area (TPSA) is 99.8 Å². The molecular weight excluding hydrogens is 542 g/mol. The third-order valence-electron chi connectivity index (χ3n) is 8.24. The molecule has 3 aromatic rings. The Bertz CT molecular complexity index is 1430. The average Bonchev–Trinajstić information content (AvgIpc) is 3.40. The van der Waals surface area contributed by atoms with Gasteiger partial charge in [-0.25, -0.2) is 19.2 Å². The monoisotopic (exact) mass is 578 g/mol. The summed E-state index contributed by atoms with van der Waals surface area (Å²) in [4.78, 5) is 20.6. The SMILES string of the molecule is CN1CCC(c2ccc(C(=O)NC3NNc4ccc(OCc5cc(F)ccc5F)nc43)c(NC3CCOCC3)c2)CC1. The van der Waals surface area contributed by atoms with Crippen LogP contribution in [0.2, 0.25) is 0 Å². The first-order valence-corrected chi connectivity index (χ1v) is 14.5. The van der Waals surface area contributed by atoms with E-state index in [-0.39, 0.29) is 30.0 Å². The Morgan fingerprint density at radius 3 is 2.69 bits per heavy atom. The van der Waals surface area contributed by atoms with Crippen LogP contribution in [0.4, 0.5) is 20.2 Å². The van der Waals surface area contributed by atoms with Gasteiger partial charge in [0.25, 0.3) is 5.91 Å². The molecule has 1 amide bonds. The molecule has 1 unspecified atom stereocenters. The summed E-state index contributed by atoms with van der Waals surface area (Å²) in [6.45, 7) is 3.34. The summed E-state index contributed by atoms with van der Waals surface area (Å²) in [6, 6.07) is 13.0. The van der Waals surface area contributed by atoms with Crippen molar-refractivity contribution in [3.8, 4) is 5.88 Å². The van der Waals surface area contributed by atoms with Crippen molar-refractivity contribution >= 4 is 17.3 Å². The molecule has 11 heteroatoms. The summed E-state index contributed by atoms with van der Waals surface area (Å²) in [7, 11) is 2.15. The van der Waals surface area contributed by atoms with Crippen LogP contribution in [0.3, 0.4) is 0 Å². The van der Waals surface area contributed by atoms with Crippen LogP contribution in [0.1, 0.15) is 64.9 Å². The number of fused-ring (bicyclic) bond motifs is 1. The molecule has 4 heterocycles. The van der Waals surface area contributed by atoms with E-state index >= 15 is 0 Å². The highest BCUT2D eigenvalue weighted by molar-refractivity contribution is 6.00. The molecule has 4 N–H and O–H groups in total. The van der Waals surface area contributed by atoms with Gasteiger partial charge in [-0.15, -0.1) is 0 Å². The largest absolute Gasteiger partial charge is 0.473 e. The number of amides is 1. The van der Waals surface area contributed by atoms with Gasteiger partial charge in [0.1, 0.15) is 30.1 Å². The molecule has 3 aliphatic heterocycles. The molecule has 0 spiro atoms. The van der Waals surface area contributed by atoms with Crippen LogP contribution in [0.25, 0.3) is 0 Å². The Hall–Kier alpha value is -3.80. The van der Waals surface area contributed by atoms with Gasteiger partial charge in [-0.2, -0.15) is 0 Å². The Balaban J connectivity index is 1.18. The van der Waals surface area contributed by atoms with Gasteiger partial charge in [-0.05, 0) is 93.7 Å². The third kappa shape index (κ3) is 6.48. The number of aromatic nitrogens is 1. The van der Waals surface area contributed by atoms with E-state index < -0.39 is 17.8 Å². The van der Waals surface area contributed by atoms with E-state index in [1.54, 1.807) is 12.1 Å². The summed E-state index contributed by atoms with van der Waals surface area (Å²) in [5.74, 6) is -0.658. The van der Waals surface area contributed by atoms with Crippen molar-refractivity contribution in [2.75, 3.05) is 44.1 Å². The van der Waals surface area contributed by atoms with E-state index in [0.29, 0.717) is 36.1 Å². The van der Waals surface area contributed by atoms with E-state index in [2.05, 4.69) is 50.5 Å². The van der Waals surface area contributed by atoms with E-state index in [1.807, 2.05) is 6.07 Å². The maximum absolute atomic E-state index is 14.0. The van der Waals surface area contributed by atoms with Crippen LogP contribution in [-0.2, 0) is 11.3 Å². The first-order chi connectivity index (χ1) is 20.4. The van der Waals surface area contributed by atoms with E-state index in [1.165, 1.54) is 5.56 Å². The predicted molar refractivity (Wildman–Crippen MR) is 155 cm³/mol. The highest BCUT2D eigenvalue weighted by atomic mass is 19.1. The first-order valence-electron chi connectivity index (χ1n) is 14.5. The smallest absolute Gasteiger partial charge is 0.254 e. The van der Waals surface area contributed by atoms with Crippen molar-refractivity contribution in [1.82, 2.24) is 20.6 Å². The second-order valence-electron chi connectivity index (χ2n) is 11.2. The standard InChI is InChI=1S/C31H36F2N6O3/c1-39-12-8-19(9-13-39)20-2-4-24(27(17-20)34-23-10-14-41-15-11-23)31(40)36-30-29-26(37-38-30)6-7-28(35-29)42-18-21-16-22(32)3-5-25(21)33/h2-7,16-17,19,23,30,34,37-38H,8-15,18H2,1H3,(H,36,40). The van der Waals surface area contributed by atoms with Gasteiger partial charge in [0.05, 0.1) is 11.3 Å². The quantitative estimate of drug-likeness (QED) is 0.306. The molecule has 2 aromatic carbocycles. The number of hydrazine groups is 1. The normalized spacial score (nSPS) is 19.6. The van der Waals surface area contributed by atoms with Crippen molar-refractivity contribution in [2.45, 2.75) is 50.4 Å². The van der Waals surface area contributed by atoms with Crippen molar-refractivity contribution in [3.05, 3.63) is 82.5 Å². The van der Waals surface area contributed by atoms with Crippen LogP contribution < -0.4 is 26.2 Å². The lowest BCUT2D eigenvalue weighted by Crippen LogP contribution is -2.37. The van der Waals surface area contributed by atoms with E-state index in [0.717, 1.165) is 62.7 Å². The minimum atomic E-state index is -0.633.